The van der Waals surface area contributed by atoms with Crippen LogP contribution >= 0.6 is 0 Å². The first-order valence-electron chi connectivity index (χ1n) is 9.22. The normalized spacial score (nSPS) is 13.9. The smallest absolute Gasteiger partial charge is 0.251 e. The van der Waals surface area contributed by atoms with Gasteiger partial charge >= 0.3 is 0 Å². The monoisotopic (exact) mass is 365 g/mol. The van der Waals surface area contributed by atoms with Gasteiger partial charge in [-0.1, -0.05) is 17.3 Å². The number of nitrogens with zero attached hydrogens (tertiary/aromatic N) is 2. The van der Waals surface area contributed by atoms with Crippen LogP contribution in [0.1, 0.15) is 46.0 Å². The lowest BCUT2D eigenvalue weighted by Crippen LogP contribution is -2.25. The molecule has 2 heterocycles. The van der Waals surface area contributed by atoms with Crippen molar-refractivity contribution in [3.63, 3.8) is 0 Å². The van der Waals surface area contributed by atoms with Crippen molar-refractivity contribution in [1.82, 2.24) is 15.4 Å². The molecule has 1 aliphatic carbocycles. The van der Waals surface area contributed by atoms with E-state index in [9.17, 15) is 4.79 Å². The van der Waals surface area contributed by atoms with Crippen molar-refractivity contribution in [2.45, 2.75) is 45.4 Å². The summed E-state index contributed by atoms with van der Waals surface area (Å²) in [7, 11) is 0. The van der Waals surface area contributed by atoms with E-state index in [0.717, 1.165) is 35.6 Å². The molecule has 140 valence electrons. The maximum absolute atomic E-state index is 12.1. The van der Waals surface area contributed by atoms with Crippen LogP contribution in [-0.4, -0.2) is 22.0 Å². The van der Waals surface area contributed by atoms with Crippen molar-refractivity contribution < 1.29 is 13.7 Å². The topological polar surface area (TPSA) is 71.5 Å². The molecule has 0 bridgehead atoms. The van der Waals surface area contributed by atoms with Crippen LogP contribution in [0.3, 0.4) is 0 Å². The van der Waals surface area contributed by atoms with Gasteiger partial charge in [0.15, 0.2) is 5.76 Å². The lowest BCUT2D eigenvalue weighted by Gasteiger charge is -2.20. The summed E-state index contributed by atoms with van der Waals surface area (Å²) in [5.74, 6) is 1.72. The Morgan fingerprint density at radius 1 is 1.15 bits per heavy atom. The maximum Gasteiger partial charge on any atom is 0.251 e. The summed E-state index contributed by atoms with van der Waals surface area (Å²) in [6.45, 7) is 3.92. The molecule has 0 radical (unpaired) electrons. The number of carbonyl (C=O) groups excluding carboxylic acids is 1. The molecule has 4 rings (SSSR count). The van der Waals surface area contributed by atoms with Gasteiger partial charge in [-0.15, -0.1) is 0 Å². The van der Waals surface area contributed by atoms with Gasteiger partial charge in [0.25, 0.3) is 5.91 Å². The van der Waals surface area contributed by atoms with E-state index in [4.69, 9.17) is 8.94 Å². The number of amides is 1. The predicted octanol–water partition coefficient (Wildman–Crippen LogP) is 3.67. The third kappa shape index (κ3) is 4.86. The van der Waals surface area contributed by atoms with Crippen LogP contribution in [0, 0.1) is 6.92 Å². The highest BCUT2D eigenvalue weighted by Gasteiger charge is 2.23. The van der Waals surface area contributed by atoms with Crippen molar-refractivity contribution in [2.24, 2.45) is 0 Å². The van der Waals surface area contributed by atoms with Crippen molar-refractivity contribution >= 4 is 5.91 Å². The first-order chi connectivity index (χ1) is 13.2. The van der Waals surface area contributed by atoms with E-state index in [2.05, 4.69) is 15.4 Å². The number of hydrogen-bond acceptors (Lipinski definition) is 5. The average Bonchev–Trinajstić information content (AvgIpc) is 3.13. The highest BCUT2D eigenvalue weighted by molar-refractivity contribution is 5.94. The van der Waals surface area contributed by atoms with Gasteiger partial charge in [-0.05, 0) is 49.6 Å². The van der Waals surface area contributed by atoms with Gasteiger partial charge in [0, 0.05) is 24.2 Å². The Morgan fingerprint density at radius 2 is 1.93 bits per heavy atom. The summed E-state index contributed by atoms with van der Waals surface area (Å²) in [6, 6.07) is 13.9. The van der Waals surface area contributed by atoms with Crippen LogP contribution in [0.2, 0.25) is 0 Å². The van der Waals surface area contributed by atoms with Crippen LogP contribution in [0.5, 0.6) is 0 Å². The van der Waals surface area contributed by atoms with Gasteiger partial charge < -0.3 is 14.3 Å². The second kappa shape index (κ2) is 7.80. The van der Waals surface area contributed by atoms with Crippen molar-refractivity contribution in [2.75, 3.05) is 0 Å². The molecule has 0 atom stereocenters. The molecule has 3 aromatic rings. The standard InChI is InChI=1S/C21H23N3O3/c1-15-11-20(27-23-15)14-24(13-19-3-2-10-26-19)12-16-4-6-17(7-5-16)21(25)22-18-8-9-18/h2-7,10-11,18H,8-9,12-14H2,1H3,(H,22,25). The fourth-order valence-corrected chi connectivity index (χ4v) is 3.02. The van der Waals surface area contributed by atoms with Crippen molar-refractivity contribution in [3.05, 3.63) is 77.1 Å². The van der Waals surface area contributed by atoms with E-state index in [0.29, 0.717) is 31.2 Å². The zero-order valence-corrected chi connectivity index (χ0v) is 15.4. The minimum atomic E-state index is 0.00799. The second-order valence-corrected chi connectivity index (χ2v) is 7.10. The maximum atomic E-state index is 12.1. The van der Waals surface area contributed by atoms with Crippen LogP contribution in [0.25, 0.3) is 0 Å². The number of benzene rings is 1. The lowest BCUT2D eigenvalue weighted by atomic mass is 10.1. The van der Waals surface area contributed by atoms with Crippen LogP contribution in [-0.2, 0) is 19.6 Å². The first kappa shape index (κ1) is 17.5. The van der Waals surface area contributed by atoms with Gasteiger partial charge in [-0.2, -0.15) is 0 Å². The third-order valence-corrected chi connectivity index (χ3v) is 4.55. The fraction of sp³-hybridized carbons (Fsp3) is 0.333. The molecule has 0 saturated heterocycles. The summed E-state index contributed by atoms with van der Waals surface area (Å²) in [5.41, 5.74) is 2.70. The van der Waals surface area contributed by atoms with Crippen LogP contribution in [0.15, 0.2) is 57.7 Å². The summed E-state index contributed by atoms with van der Waals surface area (Å²) < 4.78 is 10.9. The Morgan fingerprint density at radius 3 is 2.56 bits per heavy atom. The van der Waals surface area contributed by atoms with E-state index >= 15 is 0 Å². The largest absolute Gasteiger partial charge is 0.468 e. The molecule has 1 saturated carbocycles. The number of aromatic nitrogens is 1. The zero-order chi connectivity index (χ0) is 18.6. The number of hydrogen-bond donors (Lipinski definition) is 1. The Hall–Kier alpha value is -2.86. The van der Waals surface area contributed by atoms with Crippen LogP contribution < -0.4 is 5.32 Å². The highest BCUT2D eigenvalue weighted by Crippen LogP contribution is 2.20. The minimum absolute atomic E-state index is 0.00799. The zero-order valence-electron chi connectivity index (χ0n) is 15.4. The van der Waals surface area contributed by atoms with E-state index in [1.165, 1.54) is 0 Å². The number of carbonyl (C=O) groups is 1. The molecular formula is C21H23N3O3. The number of aryl methyl sites for hydroxylation is 1. The number of furan rings is 1. The summed E-state index contributed by atoms with van der Waals surface area (Å²) >= 11 is 0. The number of nitrogens with one attached hydrogen (secondary N) is 1. The Kier molecular flexibility index (Phi) is 5.07. The van der Waals surface area contributed by atoms with Gasteiger partial charge in [-0.25, -0.2) is 0 Å². The molecule has 1 fully saturated rings. The molecule has 6 heteroatoms. The van der Waals surface area contributed by atoms with E-state index in [-0.39, 0.29) is 5.91 Å². The molecule has 1 aliphatic rings. The molecular weight excluding hydrogens is 342 g/mol. The molecule has 0 unspecified atom stereocenters. The minimum Gasteiger partial charge on any atom is -0.468 e. The highest BCUT2D eigenvalue weighted by atomic mass is 16.5. The molecule has 1 amide bonds. The third-order valence-electron chi connectivity index (χ3n) is 4.55. The van der Waals surface area contributed by atoms with Gasteiger partial charge in [0.1, 0.15) is 5.76 Å². The first-order valence-corrected chi connectivity index (χ1v) is 9.22. The quantitative estimate of drug-likeness (QED) is 0.659. The second-order valence-electron chi connectivity index (χ2n) is 7.10. The Bertz CT molecular complexity index is 880. The molecule has 1 aromatic carbocycles. The van der Waals surface area contributed by atoms with Crippen molar-refractivity contribution in [1.29, 1.82) is 0 Å². The molecule has 2 aromatic heterocycles. The van der Waals surface area contributed by atoms with E-state index < -0.39 is 0 Å². The molecule has 27 heavy (non-hydrogen) atoms. The Balaban J connectivity index is 1.43. The predicted molar refractivity (Wildman–Crippen MR) is 99.8 cm³/mol. The summed E-state index contributed by atoms with van der Waals surface area (Å²) in [5, 5.41) is 6.98. The molecule has 1 N–H and O–H groups in total. The number of rotatable bonds is 8. The lowest BCUT2D eigenvalue weighted by molar-refractivity contribution is 0.0951. The molecule has 6 nitrogen and oxygen atoms in total. The summed E-state index contributed by atoms with van der Waals surface area (Å²) in [6.07, 6.45) is 3.86. The van der Waals surface area contributed by atoms with Gasteiger partial charge in [0.05, 0.1) is 25.0 Å². The van der Waals surface area contributed by atoms with Crippen molar-refractivity contribution in [3.8, 4) is 0 Å². The SMILES string of the molecule is Cc1cc(CN(Cc2ccc(C(=O)NC3CC3)cc2)Cc2ccco2)on1. The fourth-order valence-electron chi connectivity index (χ4n) is 3.02. The van der Waals surface area contributed by atoms with Gasteiger partial charge in [0.2, 0.25) is 0 Å². The van der Waals surface area contributed by atoms with Gasteiger partial charge in [-0.3, -0.25) is 9.69 Å². The average molecular weight is 365 g/mol. The Labute approximate surface area is 158 Å². The van der Waals surface area contributed by atoms with E-state index in [1.54, 1.807) is 6.26 Å². The molecule has 0 aliphatic heterocycles. The van der Waals surface area contributed by atoms with Crippen LogP contribution in [0.4, 0.5) is 0 Å². The van der Waals surface area contributed by atoms with E-state index in [1.807, 2.05) is 49.4 Å². The summed E-state index contributed by atoms with van der Waals surface area (Å²) in [4.78, 5) is 14.4. The molecule has 0 spiro atoms.